The topological polar surface area (TPSA) is 85.8 Å². The van der Waals surface area contributed by atoms with Crippen LogP contribution in [0.1, 0.15) is 18.1 Å². The molecule has 0 spiro atoms. The fourth-order valence-corrected chi connectivity index (χ4v) is 2.26. The average Bonchev–Trinajstić information content (AvgIpc) is 3.20. The van der Waals surface area contributed by atoms with E-state index in [1.165, 1.54) is 6.07 Å². The van der Waals surface area contributed by atoms with Crippen molar-refractivity contribution in [2.24, 2.45) is 0 Å². The van der Waals surface area contributed by atoms with E-state index in [4.69, 9.17) is 4.52 Å². The molecule has 2 aromatic heterocycles. The summed E-state index contributed by atoms with van der Waals surface area (Å²) in [5, 5.41) is 6.25. The number of aryl methyl sites for hydroxylation is 2. The molecule has 3 rings (SSSR count). The van der Waals surface area contributed by atoms with E-state index in [1.54, 1.807) is 12.4 Å². The van der Waals surface area contributed by atoms with Crippen LogP contribution in [0.25, 0.3) is 11.5 Å². The number of carbonyl (C=O) groups is 1. The van der Waals surface area contributed by atoms with Gasteiger partial charge in [0.15, 0.2) is 5.82 Å². The molecule has 0 radical (unpaired) electrons. The fourth-order valence-electron chi connectivity index (χ4n) is 2.26. The third-order valence-corrected chi connectivity index (χ3v) is 3.59. The second-order valence-electron chi connectivity index (χ2n) is 5.31. The molecule has 130 valence electrons. The van der Waals surface area contributed by atoms with E-state index in [2.05, 4.69) is 20.4 Å². The number of carbonyl (C=O) groups excluding carboxylic acids is 1. The first-order valence-electron chi connectivity index (χ1n) is 7.56. The number of aromatic nitrogens is 4. The van der Waals surface area contributed by atoms with Crippen LogP contribution >= 0.6 is 0 Å². The van der Waals surface area contributed by atoms with E-state index >= 15 is 0 Å². The van der Waals surface area contributed by atoms with Gasteiger partial charge in [0.25, 0.3) is 5.89 Å². The predicted octanol–water partition coefficient (Wildman–Crippen LogP) is 2.23. The number of halogens is 2. The maximum absolute atomic E-state index is 13.7. The Labute approximate surface area is 141 Å². The molecule has 0 aliphatic heterocycles. The van der Waals surface area contributed by atoms with E-state index in [1.807, 2.05) is 11.5 Å². The van der Waals surface area contributed by atoms with Crippen LogP contribution in [-0.4, -0.2) is 25.6 Å². The Morgan fingerprint density at radius 3 is 2.76 bits per heavy atom. The van der Waals surface area contributed by atoms with Gasteiger partial charge in [-0.2, -0.15) is 4.98 Å². The van der Waals surface area contributed by atoms with E-state index < -0.39 is 11.6 Å². The molecule has 1 aromatic carbocycles. The third kappa shape index (κ3) is 3.87. The highest BCUT2D eigenvalue weighted by Crippen LogP contribution is 2.24. The van der Waals surface area contributed by atoms with Gasteiger partial charge in [-0.3, -0.25) is 4.79 Å². The number of hydrogen-bond acceptors (Lipinski definition) is 5. The number of rotatable bonds is 6. The molecule has 7 nitrogen and oxygen atoms in total. The second kappa shape index (κ2) is 7.20. The van der Waals surface area contributed by atoms with Gasteiger partial charge in [0, 0.05) is 25.4 Å². The van der Waals surface area contributed by atoms with Crippen LogP contribution in [0.4, 0.5) is 8.78 Å². The SMILES string of the molecule is Cc1nccn1CCC(=O)NCc1noc(-c2c(F)cccc2F)n1. The van der Waals surface area contributed by atoms with Crippen LogP contribution in [0.3, 0.4) is 0 Å². The van der Waals surface area contributed by atoms with Crippen molar-refractivity contribution in [2.75, 3.05) is 0 Å². The van der Waals surface area contributed by atoms with Crippen molar-refractivity contribution in [1.29, 1.82) is 0 Å². The summed E-state index contributed by atoms with van der Waals surface area (Å²) in [6, 6.07) is 3.44. The highest BCUT2D eigenvalue weighted by Gasteiger charge is 2.18. The molecule has 0 atom stereocenters. The molecule has 2 heterocycles. The fraction of sp³-hybridized carbons (Fsp3) is 0.250. The Hall–Kier alpha value is -3.10. The smallest absolute Gasteiger partial charge is 0.263 e. The van der Waals surface area contributed by atoms with E-state index in [0.29, 0.717) is 6.54 Å². The zero-order chi connectivity index (χ0) is 17.8. The minimum absolute atomic E-state index is 0.00131. The minimum Gasteiger partial charge on any atom is -0.349 e. The second-order valence-corrected chi connectivity index (χ2v) is 5.31. The van der Waals surface area contributed by atoms with Crippen molar-refractivity contribution >= 4 is 5.91 Å². The molecule has 0 unspecified atom stereocenters. The number of hydrogen-bond donors (Lipinski definition) is 1. The summed E-state index contributed by atoms with van der Waals surface area (Å²) in [6.07, 6.45) is 3.71. The Balaban J connectivity index is 1.57. The zero-order valence-corrected chi connectivity index (χ0v) is 13.4. The molecule has 0 saturated carbocycles. The van der Waals surface area contributed by atoms with Gasteiger partial charge in [0.2, 0.25) is 5.91 Å². The first kappa shape index (κ1) is 16.7. The Kier molecular flexibility index (Phi) is 4.82. The monoisotopic (exact) mass is 347 g/mol. The van der Waals surface area contributed by atoms with Crippen molar-refractivity contribution in [3.05, 3.63) is 53.9 Å². The Bertz CT molecular complexity index is 870. The molecule has 0 aliphatic rings. The van der Waals surface area contributed by atoms with E-state index in [9.17, 15) is 13.6 Å². The van der Waals surface area contributed by atoms with Crippen LogP contribution in [0.5, 0.6) is 0 Å². The number of nitrogens with one attached hydrogen (secondary N) is 1. The number of benzene rings is 1. The molecule has 1 N–H and O–H groups in total. The van der Waals surface area contributed by atoms with Gasteiger partial charge in [0.05, 0.1) is 6.54 Å². The Morgan fingerprint density at radius 1 is 1.32 bits per heavy atom. The predicted molar refractivity (Wildman–Crippen MR) is 83.1 cm³/mol. The van der Waals surface area contributed by atoms with Gasteiger partial charge >= 0.3 is 0 Å². The van der Waals surface area contributed by atoms with Gasteiger partial charge < -0.3 is 14.4 Å². The lowest BCUT2D eigenvalue weighted by Gasteiger charge is -2.05. The summed E-state index contributed by atoms with van der Waals surface area (Å²) < 4.78 is 34.1. The van der Waals surface area contributed by atoms with Crippen molar-refractivity contribution in [3.63, 3.8) is 0 Å². The third-order valence-electron chi connectivity index (χ3n) is 3.59. The summed E-state index contributed by atoms with van der Waals surface area (Å²) >= 11 is 0. The van der Waals surface area contributed by atoms with Crippen molar-refractivity contribution in [1.82, 2.24) is 25.0 Å². The number of imidazole rings is 1. The highest BCUT2D eigenvalue weighted by molar-refractivity contribution is 5.75. The van der Waals surface area contributed by atoms with Crippen LogP contribution in [0, 0.1) is 18.6 Å². The summed E-state index contributed by atoms with van der Waals surface area (Å²) in [4.78, 5) is 19.8. The average molecular weight is 347 g/mol. The van der Waals surface area contributed by atoms with Crippen molar-refractivity contribution in [2.45, 2.75) is 26.4 Å². The molecule has 0 fully saturated rings. The molecule has 0 aliphatic carbocycles. The molecule has 0 bridgehead atoms. The van der Waals surface area contributed by atoms with Gasteiger partial charge in [0.1, 0.15) is 23.0 Å². The molecule has 25 heavy (non-hydrogen) atoms. The van der Waals surface area contributed by atoms with Crippen molar-refractivity contribution < 1.29 is 18.1 Å². The zero-order valence-electron chi connectivity index (χ0n) is 13.4. The largest absolute Gasteiger partial charge is 0.349 e. The first-order chi connectivity index (χ1) is 12.0. The van der Waals surface area contributed by atoms with Gasteiger partial charge in [-0.05, 0) is 19.1 Å². The summed E-state index contributed by atoms with van der Waals surface area (Å²) in [6.45, 7) is 2.34. The summed E-state index contributed by atoms with van der Waals surface area (Å²) in [7, 11) is 0. The molecular weight excluding hydrogens is 332 g/mol. The molecule has 1 amide bonds. The van der Waals surface area contributed by atoms with E-state index in [0.717, 1.165) is 18.0 Å². The molecule has 3 aromatic rings. The van der Waals surface area contributed by atoms with Gasteiger partial charge in [-0.15, -0.1) is 0 Å². The van der Waals surface area contributed by atoms with E-state index in [-0.39, 0.29) is 36.2 Å². The lowest BCUT2D eigenvalue weighted by Crippen LogP contribution is -2.24. The number of amides is 1. The summed E-state index contributed by atoms with van der Waals surface area (Å²) in [5.41, 5.74) is -0.386. The lowest BCUT2D eigenvalue weighted by molar-refractivity contribution is -0.121. The highest BCUT2D eigenvalue weighted by atomic mass is 19.1. The maximum atomic E-state index is 13.7. The first-order valence-corrected chi connectivity index (χ1v) is 7.56. The van der Waals surface area contributed by atoms with Crippen LogP contribution in [-0.2, 0) is 17.9 Å². The van der Waals surface area contributed by atoms with Gasteiger partial charge in [-0.1, -0.05) is 11.2 Å². The molecule has 9 heteroatoms. The standard InChI is InChI=1S/C16H15F2N5O2/c1-10-19-6-8-23(10)7-5-14(24)20-9-13-21-16(25-22-13)15-11(17)3-2-4-12(15)18/h2-4,6,8H,5,7,9H2,1H3,(H,20,24). The quantitative estimate of drug-likeness (QED) is 0.739. The minimum atomic E-state index is -0.796. The normalized spacial score (nSPS) is 10.8. The molecular formula is C16H15F2N5O2. The van der Waals surface area contributed by atoms with Crippen LogP contribution < -0.4 is 5.32 Å². The number of nitrogens with zero attached hydrogens (tertiary/aromatic N) is 4. The summed E-state index contributed by atoms with van der Waals surface area (Å²) in [5.74, 6) is -1.12. The Morgan fingerprint density at radius 2 is 2.08 bits per heavy atom. The van der Waals surface area contributed by atoms with Crippen LogP contribution in [0.2, 0.25) is 0 Å². The van der Waals surface area contributed by atoms with Gasteiger partial charge in [-0.25, -0.2) is 13.8 Å². The van der Waals surface area contributed by atoms with Crippen molar-refractivity contribution in [3.8, 4) is 11.5 Å². The maximum Gasteiger partial charge on any atom is 0.263 e. The lowest BCUT2D eigenvalue weighted by atomic mass is 10.2. The van der Waals surface area contributed by atoms with Crippen LogP contribution in [0.15, 0.2) is 35.1 Å². The molecule has 0 saturated heterocycles.